The van der Waals surface area contributed by atoms with Crippen LogP contribution in [-0.2, 0) is 4.74 Å². The SMILES string of the molecule is CCCCOCCNCCOc1cc(C)cc(C)c1. The third kappa shape index (κ3) is 7.85. The number of rotatable bonds is 10. The number of benzene rings is 1. The summed E-state index contributed by atoms with van der Waals surface area (Å²) in [6.07, 6.45) is 2.34. The number of nitrogens with one attached hydrogen (secondary N) is 1. The summed E-state index contributed by atoms with van der Waals surface area (Å²) in [4.78, 5) is 0. The standard InChI is InChI=1S/C16H27NO2/c1-4-5-8-18-9-6-17-7-10-19-16-12-14(2)11-15(3)13-16/h11-13,17H,4-10H2,1-3H3. The lowest BCUT2D eigenvalue weighted by Gasteiger charge is -2.09. The largest absolute Gasteiger partial charge is 0.492 e. The van der Waals surface area contributed by atoms with Crippen LogP contribution in [0.3, 0.4) is 0 Å². The molecule has 0 bridgehead atoms. The van der Waals surface area contributed by atoms with Gasteiger partial charge < -0.3 is 14.8 Å². The first-order chi connectivity index (χ1) is 9.22. The molecule has 0 unspecified atom stereocenters. The van der Waals surface area contributed by atoms with E-state index in [0.717, 1.165) is 38.5 Å². The summed E-state index contributed by atoms with van der Waals surface area (Å²) < 4.78 is 11.2. The van der Waals surface area contributed by atoms with Gasteiger partial charge in [0, 0.05) is 19.7 Å². The second-order valence-corrected chi connectivity index (χ2v) is 4.89. The van der Waals surface area contributed by atoms with E-state index in [1.165, 1.54) is 17.5 Å². The van der Waals surface area contributed by atoms with E-state index in [0.29, 0.717) is 6.61 Å². The van der Waals surface area contributed by atoms with Crippen LogP contribution in [0.1, 0.15) is 30.9 Å². The summed E-state index contributed by atoms with van der Waals surface area (Å²) in [5.74, 6) is 0.957. The second-order valence-electron chi connectivity index (χ2n) is 4.89. The quantitative estimate of drug-likeness (QED) is 0.659. The van der Waals surface area contributed by atoms with E-state index in [9.17, 15) is 0 Å². The molecule has 0 fully saturated rings. The molecule has 0 aliphatic carbocycles. The lowest BCUT2D eigenvalue weighted by Crippen LogP contribution is -2.25. The monoisotopic (exact) mass is 265 g/mol. The lowest BCUT2D eigenvalue weighted by atomic mass is 10.1. The van der Waals surface area contributed by atoms with Crippen LogP contribution in [0.2, 0.25) is 0 Å². The average Bonchev–Trinajstić information content (AvgIpc) is 2.36. The van der Waals surface area contributed by atoms with E-state index in [4.69, 9.17) is 9.47 Å². The van der Waals surface area contributed by atoms with Crippen LogP contribution in [0.4, 0.5) is 0 Å². The van der Waals surface area contributed by atoms with Crippen molar-refractivity contribution in [3.8, 4) is 5.75 Å². The van der Waals surface area contributed by atoms with Crippen LogP contribution < -0.4 is 10.1 Å². The Morgan fingerprint density at radius 3 is 2.32 bits per heavy atom. The van der Waals surface area contributed by atoms with Gasteiger partial charge in [-0.3, -0.25) is 0 Å². The first-order valence-corrected chi connectivity index (χ1v) is 7.22. The molecule has 0 aliphatic heterocycles. The van der Waals surface area contributed by atoms with Gasteiger partial charge in [0.15, 0.2) is 0 Å². The number of unbranched alkanes of at least 4 members (excludes halogenated alkanes) is 1. The van der Waals surface area contributed by atoms with Gasteiger partial charge in [-0.15, -0.1) is 0 Å². The van der Waals surface area contributed by atoms with Crippen LogP contribution in [0.5, 0.6) is 5.75 Å². The maximum Gasteiger partial charge on any atom is 0.119 e. The van der Waals surface area contributed by atoms with Crippen LogP contribution in [0, 0.1) is 13.8 Å². The van der Waals surface area contributed by atoms with Crippen molar-refractivity contribution in [2.75, 3.05) is 32.9 Å². The third-order valence-electron chi connectivity index (χ3n) is 2.81. The van der Waals surface area contributed by atoms with Gasteiger partial charge >= 0.3 is 0 Å². The topological polar surface area (TPSA) is 30.5 Å². The molecule has 0 saturated heterocycles. The van der Waals surface area contributed by atoms with E-state index in [1.54, 1.807) is 0 Å². The highest BCUT2D eigenvalue weighted by molar-refractivity contribution is 5.32. The van der Waals surface area contributed by atoms with Crippen molar-refractivity contribution in [3.05, 3.63) is 29.3 Å². The summed E-state index contributed by atoms with van der Waals surface area (Å²) in [5.41, 5.74) is 2.49. The van der Waals surface area contributed by atoms with Crippen molar-refractivity contribution in [1.82, 2.24) is 5.32 Å². The Hall–Kier alpha value is -1.06. The smallest absolute Gasteiger partial charge is 0.119 e. The van der Waals surface area contributed by atoms with E-state index < -0.39 is 0 Å². The summed E-state index contributed by atoms with van der Waals surface area (Å²) in [7, 11) is 0. The third-order valence-corrected chi connectivity index (χ3v) is 2.81. The summed E-state index contributed by atoms with van der Waals surface area (Å²) >= 11 is 0. The molecule has 0 aromatic heterocycles. The Labute approximate surface area is 117 Å². The molecule has 3 nitrogen and oxygen atoms in total. The molecular formula is C16H27NO2. The highest BCUT2D eigenvalue weighted by Crippen LogP contribution is 2.15. The predicted octanol–water partition coefficient (Wildman–Crippen LogP) is 3.09. The highest BCUT2D eigenvalue weighted by Gasteiger charge is 1.96. The Morgan fingerprint density at radius 2 is 1.63 bits per heavy atom. The predicted molar refractivity (Wildman–Crippen MR) is 80.0 cm³/mol. The Balaban J connectivity index is 2.01. The van der Waals surface area contributed by atoms with Crippen molar-refractivity contribution in [1.29, 1.82) is 0 Å². The minimum Gasteiger partial charge on any atom is -0.492 e. The van der Waals surface area contributed by atoms with Gasteiger partial charge in [0.1, 0.15) is 12.4 Å². The van der Waals surface area contributed by atoms with Gasteiger partial charge in [-0.25, -0.2) is 0 Å². The molecule has 1 N–H and O–H groups in total. The molecule has 3 heteroatoms. The maximum atomic E-state index is 5.71. The maximum absolute atomic E-state index is 5.71. The lowest BCUT2D eigenvalue weighted by molar-refractivity contribution is 0.132. The Bertz CT molecular complexity index is 332. The molecule has 1 rings (SSSR count). The number of hydrogen-bond acceptors (Lipinski definition) is 3. The number of aryl methyl sites for hydroxylation is 2. The minimum absolute atomic E-state index is 0.692. The molecule has 1 aromatic carbocycles. The first-order valence-electron chi connectivity index (χ1n) is 7.22. The first kappa shape index (κ1) is 16.0. The molecule has 108 valence electrons. The molecule has 0 atom stereocenters. The number of ether oxygens (including phenoxy) is 2. The molecule has 0 heterocycles. The van der Waals surface area contributed by atoms with E-state index in [2.05, 4.69) is 44.3 Å². The normalized spacial score (nSPS) is 10.7. The molecule has 0 spiro atoms. The van der Waals surface area contributed by atoms with E-state index in [-0.39, 0.29) is 0 Å². The summed E-state index contributed by atoms with van der Waals surface area (Å²) in [6.45, 7) is 10.4. The van der Waals surface area contributed by atoms with Crippen molar-refractivity contribution >= 4 is 0 Å². The zero-order valence-corrected chi connectivity index (χ0v) is 12.5. The summed E-state index contributed by atoms with van der Waals surface area (Å²) in [5, 5.41) is 3.31. The zero-order valence-electron chi connectivity index (χ0n) is 12.5. The van der Waals surface area contributed by atoms with Crippen LogP contribution in [-0.4, -0.2) is 32.9 Å². The molecule has 0 aliphatic rings. The van der Waals surface area contributed by atoms with Crippen LogP contribution in [0.25, 0.3) is 0 Å². The molecule has 1 aromatic rings. The van der Waals surface area contributed by atoms with Crippen LogP contribution >= 0.6 is 0 Å². The van der Waals surface area contributed by atoms with Gasteiger partial charge in [-0.1, -0.05) is 19.4 Å². The fraction of sp³-hybridized carbons (Fsp3) is 0.625. The van der Waals surface area contributed by atoms with Crippen molar-refractivity contribution < 1.29 is 9.47 Å². The van der Waals surface area contributed by atoms with Crippen molar-refractivity contribution in [2.45, 2.75) is 33.6 Å². The van der Waals surface area contributed by atoms with Crippen molar-refractivity contribution in [2.24, 2.45) is 0 Å². The highest BCUT2D eigenvalue weighted by atomic mass is 16.5. The van der Waals surface area contributed by atoms with Gasteiger partial charge in [0.25, 0.3) is 0 Å². The van der Waals surface area contributed by atoms with Gasteiger partial charge in [-0.05, 0) is 43.5 Å². The van der Waals surface area contributed by atoms with Gasteiger partial charge in [0.2, 0.25) is 0 Å². The van der Waals surface area contributed by atoms with E-state index >= 15 is 0 Å². The zero-order chi connectivity index (χ0) is 13.9. The Morgan fingerprint density at radius 1 is 0.947 bits per heavy atom. The molecule has 0 saturated carbocycles. The second kappa shape index (κ2) is 9.82. The molecule has 19 heavy (non-hydrogen) atoms. The molecular weight excluding hydrogens is 238 g/mol. The van der Waals surface area contributed by atoms with Gasteiger partial charge in [0.05, 0.1) is 6.61 Å². The molecule has 0 amide bonds. The average molecular weight is 265 g/mol. The van der Waals surface area contributed by atoms with Crippen LogP contribution in [0.15, 0.2) is 18.2 Å². The number of hydrogen-bond donors (Lipinski definition) is 1. The minimum atomic E-state index is 0.692. The van der Waals surface area contributed by atoms with Crippen molar-refractivity contribution in [3.63, 3.8) is 0 Å². The Kier molecular flexibility index (Phi) is 8.26. The fourth-order valence-electron chi connectivity index (χ4n) is 1.88. The molecule has 0 radical (unpaired) electrons. The van der Waals surface area contributed by atoms with Gasteiger partial charge in [-0.2, -0.15) is 0 Å². The fourth-order valence-corrected chi connectivity index (χ4v) is 1.88. The summed E-state index contributed by atoms with van der Waals surface area (Å²) in [6, 6.07) is 6.29. The van der Waals surface area contributed by atoms with E-state index in [1.807, 2.05) is 0 Å².